The zero-order valence-corrected chi connectivity index (χ0v) is 17.9. The van der Waals surface area contributed by atoms with Gasteiger partial charge < -0.3 is 4.74 Å². The van der Waals surface area contributed by atoms with Crippen molar-refractivity contribution in [1.29, 1.82) is 0 Å². The molecule has 0 aliphatic carbocycles. The van der Waals surface area contributed by atoms with Gasteiger partial charge in [0.05, 0.1) is 6.42 Å². The van der Waals surface area contributed by atoms with Crippen molar-refractivity contribution in [1.82, 2.24) is 0 Å². The smallest absolute Gasteiger partial charge is 0.307 e. The van der Waals surface area contributed by atoms with Crippen molar-refractivity contribution in [3.63, 3.8) is 0 Å². The van der Waals surface area contributed by atoms with Gasteiger partial charge in [0.15, 0.2) is 12.4 Å². The first kappa shape index (κ1) is 22.8. The Morgan fingerprint density at radius 2 is 1.44 bits per heavy atom. The van der Waals surface area contributed by atoms with Crippen LogP contribution in [0, 0.1) is 18.3 Å². The monoisotopic (exact) mass is 422 g/mol. The molecule has 0 saturated heterocycles. The average Bonchev–Trinajstić information content (AvgIpc) is 2.85. The maximum absolute atomic E-state index is 13.1. The lowest BCUT2D eigenvalue weighted by atomic mass is 9.79. The molecule has 0 radical (unpaired) electrons. The van der Waals surface area contributed by atoms with Crippen LogP contribution in [0.4, 0.5) is 0 Å². The fraction of sp³-hybridized carbons (Fsp3) is 0.172. The summed E-state index contributed by atoms with van der Waals surface area (Å²) < 4.78 is 5.16. The molecule has 2 atom stereocenters. The predicted octanol–water partition coefficient (Wildman–Crippen LogP) is 5.94. The molecule has 3 aromatic carbocycles. The Morgan fingerprint density at radius 1 is 0.844 bits per heavy atom. The number of ether oxygens (including phenoxy) is 1. The molecule has 0 aliphatic rings. The molecule has 0 amide bonds. The molecule has 0 aliphatic heterocycles. The van der Waals surface area contributed by atoms with Crippen LogP contribution in [0.2, 0.25) is 0 Å². The van der Waals surface area contributed by atoms with Crippen molar-refractivity contribution < 1.29 is 14.3 Å². The standard InChI is InChI=1S/C29H26O3/c1-2-20-32-29(31)22-27(24-14-8-4-9-15-24)26(19-18-23-12-6-3-7-13-23)21-28(30)25-16-10-5-11-17-25/h1,3-19,26-27H,20-22H2/b19-18+/t26-,27-/m0/s1. The van der Waals surface area contributed by atoms with Crippen LogP contribution in [-0.4, -0.2) is 18.4 Å². The zero-order chi connectivity index (χ0) is 22.6. The van der Waals surface area contributed by atoms with Crippen molar-refractivity contribution in [2.75, 3.05) is 6.61 Å². The Labute approximate surface area is 189 Å². The van der Waals surface area contributed by atoms with E-state index in [1.807, 2.05) is 103 Å². The van der Waals surface area contributed by atoms with Crippen LogP contribution < -0.4 is 0 Å². The van der Waals surface area contributed by atoms with Crippen LogP contribution in [0.5, 0.6) is 0 Å². The van der Waals surface area contributed by atoms with Gasteiger partial charge in [-0.3, -0.25) is 9.59 Å². The lowest BCUT2D eigenvalue weighted by molar-refractivity contribution is -0.142. The lowest BCUT2D eigenvalue weighted by Crippen LogP contribution is -2.20. The molecule has 0 bridgehead atoms. The molecule has 0 heterocycles. The summed E-state index contributed by atoms with van der Waals surface area (Å²) in [5.41, 5.74) is 2.67. The molecule has 0 spiro atoms. The first-order valence-electron chi connectivity index (χ1n) is 10.6. The van der Waals surface area contributed by atoms with E-state index >= 15 is 0 Å². The summed E-state index contributed by atoms with van der Waals surface area (Å²) in [6, 6.07) is 28.9. The maximum atomic E-state index is 13.1. The van der Waals surface area contributed by atoms with Crippen LogP contribution in [0.15, 0.2) is 97.1 Å². The van der Waals surface area contributed by atoms with Crippen LogP contribution in [0.1, 0.15) is 40.2 Å². The van der Waals surface area contributed by atoms with E-state index < -0.39 is 0 Å². The van der Waals surface area contributed by atoms with Gasteiger partial charge >= 0.3 is 5.97 Å². The van der Waals surface area contributed by atoms with Crippen LogP contribution in [0.25, 0.3) is 6.08 Å². The molecule has 3 nitrogen and oxygen atoms in total. The second kappa shape index (κ2) is 12.1. The highest BCUT2D eigenvalue weighted by Crippen LogP contribution is 2.33. The summed E-state index contributed by atoms with van der Waals surface area (Å²) in [7, 11) is 0. The van der Waals surface area contributed by atoms with Gasteiger partial charge in [-0.05, 0) is 17.0 Å². The molecule has 0 saturated carbocycles. The number of terminal acetylenes is 1. The number of hydrogen-bond acceptors (Lipinski definition) is 3. The first-order chi connectivity index (χ1) is 15.7. The summed E-state index contributed by atoms with van der Waals surface area (Å²) in [5, 5.41) is 0. The molecule has 0 N–H and O–H groups in total. The fourth-order valence-electron chi connectivity index (χ4n) is 3.68. The average molecular weight is 423 g/mol. The Bertz CT molecular complexity index is 1060. The normalized spacial score (nSPS) is 12.6. The summed E-state index contributed by atoms with van der Waals surface area (Å²) in [4.78, 5) is 25.6. The van der Waals surface area contributed by atoms with Crippen molar-refractivity contribution in [3.05, 3.63) is 114 Å². The molecule has 32 heavy (non-hydrogen) atoms. The van der Waals surface area contributed by atoms with Gasteiger partial charge in [-0.15, -0.1) is 6.42 Å². The number of hydrogen-bond donors (Lipinski definition) is 0. The van der Waals surface area contributed by atoms with Gasteiger partial charge in [-0.25, -0.2) is 0 Å². The third-order valence-corrected chi connectivity index (χ3v) is 5.30. The van der Waals surface area contributed by atoms with E-state index in [1.54, 1.807) is 0 Å². The minimum atomic E-state index is -0.373. The van der Waals surface area contributed by atoms with E-state index in [2.05, 4.69) is 5.92 Å². The third kappa shape index (κ3) is 6.82. The minimum Gasteiger partial charge on any atom is -0.452 e. The largest absolute Gasteiger partial charge is 0.452 e. The fourth-order valence-corrected chi connectivity index (χ4v) is 3.68. The molecule has 0 aromatic heterocycles. The number of Topliss-reactive ketones (excluding diaryl/α,β-unsaturated/α-hetero) is 1. The Balaban J connectivity index is 1.93. The van der Waals surface area contributed by atoms with Crippen molar-refractivity contribution in [2.45, 2.75) is 18.8 Å². The van der Waals surface area contributed by atoms with Gasteiger partial charge in [0, 0.05) is 17.9 Å². The van der Waals surface area contributed by atoms with E-state index in [9.17, 15) is 9.59 Å². The molecule has 0 fully saturated rings. The highest BCUT2D eigenvalue weighted by atomic mass is 16.5. The summed E-state index contributed by atoms with van der Waals surface area (Å²) >= 11 is 0. The third-order valence-electron chi connectivity index (χ3n) is 5.30. The van der Waals surface area contributed by atoms with Crippen molar-refractivity contribution in [3.8, 4) is 12.3 Å². The number of esters is 1. The number of rotatable bonds is 10. The van der Waals surface area contributed by atoms with E-state index in [0.717, 1.165) is 11.1 Å². The zero-order valence-electron chi connectivity index (χ0n) is 17.9. The second-order valence-electron chi connectivity index (χ2n) is 7.51. The summed E-state index contributed by atoms with van der Waals surface area (Å²) in [5.74, 6) is 1.56. The Hall–Kier alpha value is -3.90. The van der Waals surface area contributed by atoms with Gasteiger partial charge in [-0.2, -0.15) is 0 Å². The molecular weight excluding hydrogens is 396 g/mol. The number of benzene rings is 3. The number of ketones is 1. The number of carbonyl (C=O) groups excluding carboxylic acids is 2. The van der Waals surface area contributed by atoms with Crippen LogP contribution in [0.3, 0.4) is 0 Å². The maximum Gasteiger partial charge on any atom is 0.307 e. The topological polar surface area (TPSA) is 43.4 Å². The van der Waals surface area contributed by atoms with Gasteiger partial charge in [-0.1, -0.05) is 109 Å². The van der Waals surface area contributed by atoms with Crippen LogP contribution >= 0.6 is 0 Å². The molecular formula is C29H26O3. The van der Waals surface area contributed by atoms with E-state index in [4.69, 9.17) is 11.2 Å². The molecule has 0 unspecified atom stereocenters. The molecule has 3 aromatic rings. The van der Waals surface area contributed by atoms with Crippen LogP contribution in [-0.2, 0) is 9.53 Å². The Morgan fingerprint density at radius 3 is 2.06 bits per heavy atom. The summed E-state index contributed by atoms with van der Waals surface area (Å²) in [6.45, 7) is -0.0617. The second-order valence-corrected chi connectivity index (χ2v) is 7.51. The number of allylic oxidation sites excluding steroid dienone is 1. The van der Waals surface area contributed by atoms with Gasteiger partial charge in [0.25, 0.3) is 0 Å². The van der Waals surface area contributed by atoms with E-state index in [1.165, 1.54) is 0 Å². The highest BCUT2D eigenvalue weighted by molar-refractivity contribution is 5.96. The predicted molar refractivity (Wildman–Crippen MR) is 128 cm³/mol. The number of carbonyl (C=O) groups is 2. The van der Waals surface area contributed by atoms with E-state index in [-0.39, 0.29) is 43.0 Å². The minimum absolute atomic E-state index is 0.0336. The molecule has 3 rings (SSSR count). The molecule has 160 valence electrons. The Kier molecular flexibility index (Phi) is 8.60. The van der Waals surface area contributed by atoms with Gasteiger partial charge in [0.2, 0.25) is 0 Å². The van der Waals surface area contributed by atoms with Gasteiger partial charge in [0.1, 0.15) is 0 Å². The van der Waals surface area contributed by atoms with E-state index in [0.29, 0.717) is 5.56 Å². The molecule has 3 heteroatoms. The highest BCUT2D eigenvalue weighted by Gasteiger charge is 2.27. The SMILES string of the molecule is C#CCOC(=O)C[C@@H](c1ccccc1)[C@@H](/C=C/c1ccccc1)CC(=O)c1ccccc1. The lowest BCUT2D eigenvalue weighted by Gasteiger charge is -2.24. The quantitative estimate of drug-likeness (QED) is 0.231. The first-order valence-corrected chi connectivity index (χ1v) is 10.6. The van der Waals surface area contributed by atoms with Crippen molar-refractivity contribution in [2.24, 2.45) is 5.92 Å². The van der Waals surface area contributed by atoms with Crippen molar-refractivity contribution >= 4 is 17.8 Å². The summed E-state index contributed by atoms with van der Waals surface area (Å²) in [6.07, 6.45) is 9.68.